The second-order valence-corrected chi connectivity index (χ2v) is 8.68. The molecule has 2 aliphatic rings. The van der Waals surface area contributed by atoms with Gasteiger partial charge in [0.15, 0.2) is 5.82 Å². The van der Waals surface area contributed by atoms with Gasteiger partial charge in [0.05, 0.1) is 12.0 Å². The molecule has 8 nitrogen and oxygen atoms in total. The molecule has 0 unspecified atom stereocenters. The summed E-state index contributed by atoms with van der Waals surface area (Å²) in [7, 11) is 0. The molecule has 0 radical (unpaired) electrons. The van der Waals surface area contributed by atoms with Crippen molar-refractivity contribution in [2.75, 3.05) is 24.6 Å². The first-order chi connectivity index (χ1) is 14.2. The summed E-state index contributed by atoms with van der Waals surface area (Å²) in [5.74, 6) is 3.06. The van der Waals surface area contributed by atoms with Crippen LogP contribution in [-0.2, 0) is 4.74 Å². The van der Waals surface area contributed by atoms with E-state index in [2.05, 4.69) is 25.0 Å². The number of nitrogens with zero attached hydrogens (tertiary/aromatic N) is 5. The molecule has 1 saturated carbocycles. The topological polar surface area (TPSA) is 94.2 Å². The fourth-order valence-corrected chi connectivity index (χ4v) is 4.98. The van der Waals surface area contributed by atoms with Crippen molar-refractivity contribution in [2.24, 2.45) is 0 Å². The van der Waals surface area contributed by atoms with Crippen molar-refractivity contribution in [1.82, 2.24) is 20.1 Å². The number of fused-ring (bicyclic) bond motifs is 1. The number of carbonyl (C=O) groups is 1. The SMILES string of the molecule is CCOC(=O)c1sc2ncnc(N3CCC(c4noc(C5CC5)n4)CC3)c2c1C. The van der Waals surface area contributed by atoms with Gasteiger partial charge < -0.3 is 14.2 Å². The van der Waals surface area contributed by atoms with Gasteiger partial charge in [0.2, 0.25) is 5.89 Å². The first-order valence-corrected chi connectivity index (χ1v) is 11.0. The minimum Gasteiger partial charge on any atom is -0.462 e. The molecule has 0 amide bonds. The van der Waals surface area contributed by atoms with Crippen LogP contribution in [0.1, 0.15) is 71.4 Å². The van der Waals surface area contributed by atoms with Crippen molar-refractivity contribution in [2.45, 2.75) is 51.4 Å². The van der Waals surface area contributed by atoms with Gasteiger partial charge in [-0.25, -0.2) is 14.8 Å². The average Bonchev–Trinajstić information content (AvgIpc) is 3.37. The molecule has 1 saturated heterocycles. The van der Waals surface area contributed by atoms with Crippen LogP contribution in [0.15, 0.2) is 10.9 Å². The Labute approximate surface area is 172 Å². The molecule has 9 heteroatoms. The molecule has 152 valence electrons. The quantitative estimate of drug-likeness (QED) is 0.583. The largest absolute Gasteiger partial charge is 0.462 e. The van der Waals surface area contributed by atoms with Gasteiger partial charge in [-0.05, 0) is 45.1 Å². The third-order valence-electron chi connectivity index (χ3n) is 5.71. The van der Waals surface area contributed by atoms with Crippen LogP contribution < -0.4 is 4.90 Å². The number of carbonyl (C=O) groups excluding carboxylic acids is 1. The predicted octanol–water partition coefficient (Wildman–Crippen LogP) is 3.82. The Kier molecular flexibility index (Phi) is 4.69. The van der Waals surface area contributed by atoms with Crippen LogP contribution >= 0.6 is 11.3 Å². The van der Waals surface area contributed by atoms with Crippen molar-refractivity contribution >= 4 is 33.3 Å². The summed E-state index contributed by atoms with van der Waals surface area (Å²) in [4.78, 5) is 29.6. The fourth-order valence-electron chi connectivity index (χ4n) is 3.94. The van der Waals surface area contributed by atoms with Gasteiger partial charge in [0.25, 0.3) is 0 Å². The van der Waals surface area contributed by atoms with Gasteiger partial charge in [-0.2, -0.15) is 4.98 Å². The number of anilines is 1. The summed E-state index contributed by atoms with van der Waals surface area (Å²) in [6.45, 7) is 5.83. The molecule has 0 N–H and O–H groups in total. The number of ether oxygens (including phenoxy) is 1. The van der Waals surface area contributed by atoms with E-state index < -0.39 is 0 Å². The van der Waals surface area contributed by atoms with Gasteiger partial charge in [-0.15, -0.1) is 11.3 Å². The Bertz CT molecular complexity index is 1050. The van der Waals surface area contributed by atoms with E-state index >= 15 is 0 Å². The minimum atomic E-state index is -0.291. The lowest BCUT2D eigenvalue weighted by molar-refractivity contribution is 0.0531. The molecule has 2 fully saturated rings. The van der Waals surface area contributed by atoms with Gasteiger partial charge in [-0.3, -0.25) is 0 Å². The Morgan fingerprint density at radius 3 is 2.76 bits per heavy atom. The van der Waals surface area contributed by atoms with Crippen molar-refractivity contribution < 1.29 is 14.1 Å². The smallest absolute Gasteiger partial charge is 0.348 e. The zero-order valence-corrected chi connectivity index (χ0v) is 17.4. The monoisotopic (exact) mass is 413 g/mol. The lowest BCUT2D eigenvalue weighted by atomic mass is 9.96. The van der Waals surface area contributed by atoms with Crippen LogP contribution in [-0.4, -0.2) is 45.8 Å². The summed E-state index contributed by atoms with van der Waals surface area (Å²) in [5, 5.41) is 5.18. The van der Waals surface area contributed by atoms with E-state index in [0.29, 0.717) is 23.3 Å². The number of aryl methyl sites for hydroxylation is 1. The van der Waals surface area contributed by atoms with E-state index in [1.165, 1.54) is 11.3 Å². The number of esters is 1. The lowest BCUT2D eigenvalue weighted by Crippen LogP contribution is -2.34. The zero-order chi connectivity index (χ0) is 20.0. The Morgan fingerprint density at radius 1 is 1.24 bits per heavy atom. The van der Waals surface area contributed by atoms with Crippen LogP contribution in [0.5, 0.6) is 0 Å². The summed E-state index contributed by atoms with van der Waals surface area (Å²) in [6, 6.07) is 0. The van der Waals surface area contributed by atoms with Crippen molar-refractivity contribution in [3.63, 3.8) is 0 Å². The number of hydrogen-bond donors (Lipinski definition) is 0. The van der Waals surface area contributed by atoms with E-state index in [1.54, 1.807) is 6.33 Å². The van der Waals surface area contributed by atoms with E-state index in [0.717, 1.165) is 72.1 Å². The molecule has 0 aromatic carbocycles. The second kappa shape index (κ2) is 7.37. The van der Waals surface area contributed by atoms with Crippen LogP contribution in [0.2, 0.25) is 0 Å². The highest BCUT2D eigenvalue weighted by atomic mass is 32.1. The number of aromatic nitrogens is 4. The highest BCUT2D eigenvalue weighted by molar-refractivity contribution is 7.20. The molecule has 29 heavy (non-hydrogen) atoms. The molecule has 0 bridgehead atoms. The molecule has 0 spiro atoms. The van der Waals surface area contributed by atoms with Crippen molar-refractivity contribution in [3.8, 4) is 0 Å². The van der Waals surface area contributed by atoms with E-state index in [4.69, 9.17) is 9.26 Å². The fraction of sp³-hybridized carbons (Fsp3) is 0.550. The number of hydrogen-bond acceptors (Lipinski definition) is 9. The maximum atomic E-state index is 12.3. The highest BCUT2D eigenvalue weighted by Gasteiger charge is 2.32. The Balaban J connectivity index is 1.36. The van der Waals surface area contributed by atoms with Gasteiger partial charge in [-0.1, -0.05) is 5.16 Å². The van der Waals surface area contributed by atoms with Gasteiger partial charge >= 0.3 is 5.97 Å². The standard InChI is InChI=1S/C20H23N5O3S/c1-3-27-20(26)15-11(2)14-17(21-10-22-19(14)29-15)25-8-6-12(7-9-25)16-23-18(28-24-16)13-4-5-13/h10,12-13H,3-9H2,1-2H3. The summed E-state index contributed by atoms with van der Waals surface area (Å²) in [6.07, 6.45) is 5.80. The molecule has 3 aromatic heterocycles. The number of piperidine rings is 1. The second-order valence-electron chi connectivity index (χ2n) is 7.68. The van der Waals surface area contributed by atoms with Gasteiger partial charge in [0, 0.05) is 24.9 Å². The maximum absolute atomic E-state index is 12.3. The van der Waals surface area contributed by atoms with Gasteiger partial charge in [0.1, 0.15) is 21.9 Å². The van der Waals surface area contributed by atoms with Crippen LogP contribution in [0.25, 0.3) is 10.2 Å². The third kappa shape index (κ3) is 3.37. The summed E-state index contributed by atoms with van der Waals surface area (Å²) >= 11 is 1.37. The molecular formula is C20H23N5O3S. The molecule has 1 aliphatic carbocycles. The average molecular weight is 414 g/mol. The maximum Gasteiger partial charge on any atom is 0.348 e. The first kappa shape index (κ1) is 18.5. The summed E-state index contributed by atoms with van der Waals surface area (Å²) < 4.78 is 10.6. The zero-order valence-electron chi connectivity index (χ0n) is 16.6. The van der Waals surface area contributed by atoms with Crippen molar-refractivity contribution in [1.29, 1.82) is 0 Å². The first-order valence-electron chi connectivity index (χ1n) is 10.1. The summed E-state index contributed by atoms with van der Waals surface area (Å²) in [5.41, 5.74) is 0.897. The normalized spacial score (nSPS) is 17.8. The molecular weight excluding hydrogens is 390 g/mol. The number of thiophene rings is 1. The van der Waals surface area contributed by atoms with E-state index in [9.17, 15) is 4.79 Å². The lowest BCUT2D eigenvalue weighted by Gasteiger charge is -2.31. The van der Waals surface area contributed by atoms with Crippen LogP contribution in [0.3, 0.4) is 0 Å². The molecule has 4 heterocycles. The Hall–Kier alpha value is -2.55. The van der Waals surface area contributed by atoms with E-state index in [-0.39, 0.29) is 5.97 Å². The predicted molar refractivity (Wildman–Crippen MR) is 109 cm³/mol. The third-order valence-corrected chi connectivity index (χ3v) is 6.89. The minimum absolute atomic E-state index is 0.291. The molecule has 1 aliphatic heterocycles. The Morgan fingerprint density at radius 2 is 2.03 bits per heavy atom. The molecule has 3 aromatic rings. The highest BCUT2D eigenvalue weighted by Crippen LogP contribution is 2.40. The molecule has 0 atom stereocenters. The van der Waals surface area contributed by atoms with E-state index in [1.807, 2.05) is 13.8 Å². The van der Waals surface area contributed by atoms with Crippen LogP contribution in [0, 0.1) is 6.92 Å². The van der Waals surface area contributed by atoms with Crippen molar-refractivity contribution in [3.05, 3.63) is 28.5 Å². The van der Waals surface area contributed by atoms with Crippen LogP contribution in [0.4, 0.5) is 5.82 Å². The number of rotatable bonds is 5. The molecule has 5 rings (SSSR count).